The van der Waals surface area contributed by atoms with Crippen molar-refractivity contribution < 1.29 is 32.9 Å². The van der Waals surface area contributed by atoms with Crippen molar-refractivity contribution in [2.45, 2.75) is 13.8 Å². The number of hydrogen-bond donors (Lipinski definition) is 0. The average Bonchev–Trinajstić information content (AvgIpc) is 3.11. The van der Waals surface area contributed by atoms with Crippen LogP contribution in [0.5, 0.6) is 23.0 Å². The maximum absolute atomic E-state index is 14.1. The zero-order chi connectivity index (χ0) is 23.4. The molecule has 0 aliphatic carbocycles. The van der Waals surface area contributed by atoms with Crippen molar-refractivity contribution in [2.75, 3.05) is 13.2 Å². The van der Waals surface area contributed by atoms with Crippen LogP contribution in [0.15, 0.2) is 66.4 Å². The van der Waals surface area contributed by atoms with E-state index in [4.69, 9.17) is 18.9 Å². The summed E-state index contributed by atoms with van der Waals surface area (Å²) in [7, 11) is 0. The molecule has 3 aromatic carbocycles. The van der Waals surface area contributed by atoms with Crippen LogP contribution in [0.2, 0.25) is 0 Å². The Hall–Kier alpha value is -4.13. The summed E-state index contributed by atoms with van der Waals surface area (Å²) in [5.74, 6) is -0.557. The van der Waals surface area contributed by atoms with Gasteiger partial charge in [0.1, 0.15) is 17.3 Å². The highest BCUT2D eigenvalue weighted by Crippen LogP contribution is 2.38. The number of Topliss-reactive ketones (excluding diaryl/α,β-unsaturated/α-hetero) is 1. The highest BCUT2D eigenvalue weighted by atomic mass is 19.1. The van der Waals surface area contributed by atoms with Crippen LogP contribution >= 0.6 is 0 Å². The first-order valence-corrected chi connectivity index (χ1v) is 10.5. The Balaban J connectivity index is 1.70. The smallest absolute Gasteiger partial charge is 0.346 e. The third-order valence-electron chi connectivity index (χ3n) is 4.84. The fourth-order valence-corrected chi connectivity index (χ4v) is 3.36. The van der Waals surface area contributed by atoms with Crippen molar-refractivity contribution in [3.8, 4) is 23.0 Å². The van der Waals surface area contributed by atoms with Crippen molar-refractivity contribution >= 4 is 17.8 Å². The molecule has 0 N–H and O–H groups in total. The number of benzene rings is 3. The third-order valence-corrected chi connectivity index (χ3v) is 4.84. The van der Waals surface area contributed by atoms with E-state index in [0.717, 1.165) is 0 Å². The van der Waals surface area contributed by atoms with Crippen LogP contribution in [-0.2, 0) is 0 Å². The SMILES string of the molecule is CCOc1ccc2c(c1)O/C(=C\c1cccc(OCC)c1OC(=O)c1ccccc1F)C2=O. The summed E-state index contributed by atoms with van der Waals surface area (Å²) in [6.07, 6.45) is 1.47. The second-order valence-corrected chi connectivity index (χ2v) is 7.01. The molecule has 3 aromatic rings. The molecule has 4 rings (SSSR count). The van der Waals surface area contributed by atoms with Gasteiger partial charge in [-0.1, -0.05) is 24.3 Å². The monoisotopic (exact) mass is 448 g/mol. The zero-order valence-corrected chi connectivity index (χ0v) is 18.1. The van der Waals surface area contributed by atoms with Crippen molar-refractivity contribution in [3.05, 3.63) is 88.9 Å². The lowest BCUT2D eigenvalue weighted by atomic mass is 10.1. The van der Waals surface area contributed by atoms with Gasteiger partial charge in [-0.3, -0.25) is 4.79 Å². The lowest BCUT2D eigenvalue weighted by Crippen LogP contribution is -2.12. The molecule has 0 saturated carbocycles. The largest absolute Gasteiger partial charge is 0.494 e. The molecule has 1 aliphatic heterocycles. The normalized spacial score (nSPS) is 13.4. The first kappa shape index (κ1) is 22.1. The summed E-state index contributed by atoms with van der Waals surface area (Å²) in [4.78, 5) is 25.5. The number of allylic oxidation sites excluding steroid dienone is 1. The van der Waals surface area contributed by atoms with Crippen LogP contribution in [0.3, 0.4) is 0 Å². The molecule has 0 amide bonds. The lowest BCUT2D eigenvalue weighted by molar-refractivity contribution is 0.0723. The van der Waals surface area contributed by atoms with E-state index in [-0.39, 0.29) is 28.6 Å². The molecule has 6 nitrogen and oxygen atoms in total. The van der Waals surface area contributed by atoms with Crippen molar-refractivity contribution in [2.24, 2.45) is 0 Å². The van der Waals surface area contributed by atoms with Crippen LogP contribution in [0, 0.1) is 5.82 Å². The van der Waals surface area contributed by atoms with Crippen LogP contribution in [0.1, 0.15) is 40.1 Å². The van der Waals surface area contributed by atoms with E-state index in [0.29, 0.717) is 35.8 Å². The topological polar surface area (TPSA) is 71.1 Å². The molecule has 0 spiro atoms. The van der Waals surface area contributed by atoms with Gasteiger partial charge in [-0.2, -0.15) is 0 Å². The van der Waals surface area contributed by atoms with Crippen molar-refractivity contribution in [1.82, 2.24) is 0 Å². The Labute approximate surface area is 190 Å². The van der Waals surface area contributed by atoms with Crippen LogP contribution < -0.4 is 18.9 Å². The fourth-order valence-electron chi connectivity index (χ4n) is 3.36. The Morgan fingerprint density at radius 2 is 1.79 bits per heavy atom. The second-order valence-electron chi connectivity index (χ2n) is 7.01. The van der Waals surface area contributed by atoms with Gasteiger partial charge in [-0.05, 0) is 50.3 Å². The molecular formula is C26H21FO6. The van der Waals surface area contributed by atoms with Gasteiger partial charge in [0, 0.05) is 11.6 Å². The number of esters is 1. The maximum Gasteiger partial charge on any atom is 0.346 e. The Morgan fingerprint density at radius 1 is 1.00 bits per heavy atom. The first-order chi connectivity index (χ1) is 16.0. The molecule has 1 aliphatic rings. The van der Waals surface area contributed by atoms with E-state index in [9.17, 15) is 14.0 Å². The predicted octanol–water partition coefficient (Wildman–Crippen LogP) is 5.46. The number of ketones is 1. The summed E-state index contributed by atoms with van der Waals surface area (Å²) in [6.45, 7) is 4.44. The van der Waals surface area contributed by atoms with Gasteiger partial charge in [0.25, 0.3) is 0 Å². The van der Waals surface area contributed by atoms with Gasteiger partial charge in [-0.15, -0.1) is 0 Å². The number of fused-ring (bicyclic) bond motifs is 1. The summed E-state index contributed by atoms with van der Waals surface area (Å²) < 4.78 is 36.4. The summed E-state index contributed by atoms with van der Waals surface area (Å²) in [5.41, 5.74) is 0.550. The average molecular weight is 448 g/mol. The van der Waals surface area contributed by atoms with E-state index in [2.05, 4.69) is 0 Å². The van der Waals surface area contributed by atoms with E-state index < -0.39 is 11.8 Å². The molecule has 1 heterocycles. The minimum absolute atomic E-state index is 0.0514. The Bertz CT molecular complexity index is 1250. The second kappa shape index (κ2) is 9.56. The van der Waals surface area contributed by atoms with Crippen LogP contribution in [0.25, 0.3) is 6.08 Å². The minimum Gasteiger partial charge on any atom is -0.494 e. The number of para-hydroxylation sites is 1. The maximum atomic E-state index is 14.1. The lowest BCUT2D eigenvalue weighted by Gasteiger charge is -2.13. The molecular weight excluding hydrogens is 427 g/mol. The molecule has 0 bridgehead atoms. The van der Waals surface area contributed by atoms with Crippen LogP contribution in [0.4, 0.5) is 4.39 Å². The van der Waals surface area contributed by atoms with Crippen molar-refractivity contribution in [3.63, 3.8) is 0 Å². The summed E-state index contributed by atoms with van der Waals surface area (Å²) >= 11 is 0. The predicted molar refractivity (Wildman–Crippen MR) is 120 cm³/mol. The van der Waals surface area contributed by atoms with E-state index in [1.54, 1.807) is 43.3 Å². The van der Waals surface area contributed by atoms with Gasteiger partial charge in [0.2, 0.25) is 5.78 Å². The summed E-state index contributed by atoms with van der Waals surface area (Å²) in [6, 6.07) is 15.5. The molecule has 0 aromatic heterocycles. The van der Waals surface area contributed by atoms with Gasteiger partial charge in [0.05, 0.1) is 24.3 Å². The molecule has 33 heavy (non-hydrogen) atoms. The van der Waals surface area contributed by atoms with Gasteiger partial charge < -0.3 is 18.9 Å². The molecule has 0 fully saturated rings. The Kier molecular flexibility index (Phi) is 6.40. The number of ether oxygens (including phenoxy) is 4. The number of hydrogen-bond acceptors (Lipinski definition) is 6. The summed E-state index contributed by atoms with van der Waals surface area (Å²) in [5, 5.41) is 0. The standard InChI is InChI=1S/C26H21FO6/c1-3-30-17-12-13-19-22(15-17)32-23(24(19)28)14-16-8-7-11-21(31-4-2)25(16)33-26(29)18-9-5-6-10-20(18)27/h5-15H,3-4H2,1-2H3/b23-14-. The highest BCUT2D eigenvalue weighted by molar-refractivity contribution is 6.14. The van der Waals surface area contributed by atoms with E-state index in [1.165, 1.54) is 30.3 Å². The zero-order valence-electron chi connectivity index (χ0n) is 18.1. The van der Waals surface area contributed by atoms with Gasteiger partial charge in [-0.25, -0.2) is 9.18 Å². The molecule has 168 valence electrons. The Morgan fingerprint density at radius 3 is 2.55 bits per heavy atom. The number of rotatable bonds is 7. The number of carbonyl (C=O) groups is 2. The number of halogens is 1. The first-order valence-electron chi connectivity index (χ1n) is 10.5. The molecule has 0 unspecified atom stereocenters. The fraction of sp³-hybridized carbons (Fsp3) is 0.154. The van der Waals surface area contributed by atoms with Crippen molar-refractivity contribution in [1.29, 1.82) is 0 Å². The minimum atomic E-state index is -0.886. The van der Waals surface area contributed by atoms with E-state index in [1.807, 2.05) is 6.92 Å². The molecule has 0 radical (unpaired) electrons. The molecule has 0 saturated heterocycles. The van der Waals surface area contributed by atoms with E-state index >= 15 is 0 Å². The quantitative estimate of drug-likeness (QED) is 0.272. The van der Waals surface area contributed by atoms with Gasteiger partial charge in [0.15, 0.2) is 17.3 Å². The highest BCUT2D eigenvalue weighted by Gasteiger charge is 2.29. The van der Waals surface area contributed by atoms with Gasteiger partial charge >= 0.3 is 5.97 Å². The molecule has 0 atom stereocenters. The third kappa shape index (κ3) is 4.57. The molecule has 7 heteroatoms. The number of carbonyl (C=O) groups excluding carboxylic acids is 2. The van der Waals surface area contributed by atoms with Crippen LogP contribution in [-0.4, -0.2) is 25.0 Å².